The smallest absolute Gasteiger partial charge is 0.147 e. The monoisotopic (exact) mass is 233 g/mol. The molecule has 0 radical (unpaired) electrons. The molecule has 90 valence electrons. The van der Waals surface area contributed by atoms with Crippen LogP contribution in [0.3, 0.4) is 0 Å². The van der Waals surface area contributed by atoms with Crippen LogP contribution in [-0.4, -0.2) is 33.5 Å². The Bertz CT molecular complexity index is 258. The largest absolute Gasteiger partial charge is 0.316 e. The van der Waals surface area contributed by atoms with E-state index in [1.807, 2.05) is 0 Å². The first-order valence-corrected chi connectivity index (χ1v) is 7.65. The second kappa shape index (κ2) is 8.92. The maximum absolute atomic E-state index is 10.8. The summed E-state index contributed by atoms with van der Waals surface area (Å²) in [6.07, 6.45) is 9.25. The normalized spacial score (nSPS) is 12.4. The Morgan fingerprint density at radius 3 is 2.40 bits per heavy atom. The third-order valence-electron chi connectivity index (χ3n) is 1.97. The van der Waals surface area contributed by atoms with Crippen molar-refractivity contribution in [2.24, 2.45) is 0 Å². The molecule has 0 amide bonds. The molecule has 0 aliphatic carbocycles. The van der Waals surface area contributed by atoms with Gasteiger partial charge in [-0.3, -0.25) is 0 Å². The first-order chi connectivity index (χ1) is 7.06. The number of hydrogen-bond donors (Lipinski definition) is 1. The number of rotatable bonds is 9. The van der Waals surface area contributed by atoms with Gasteiger partial charge in [0.2, 0.25) is 0 Å². The van der Waals surface area contributed by atoms with Gasteiger partial charge in [-0.2, -0.15) is 0 Å². The van der Waals surface area contributed by atoms with Crippen LogP contribution in [0.15, 0.2) is 12.2 Å². The van der Waals surface area contributed by atoms with Crippen molar-refractivity contribution in [3.05, 3.63) is 12.2 Å². The van der Waals surface area contributed by atoms with E-state index in [1.165, 1.54) is 6.26 Å². The maximum Gasteiger partial charge on any atom is 0.147 e. The molecule has 0 aromatic rings. The zero-order valence-corrected chi connectivity index (χ0v) is 10.6. The van der Waals surface area contributed by atoms with Crippen molar-refractivity contribution in [1.82, 2.24) is 5.32 Å². The fourth-order valence-electron chi connectivity index (χ4n) is 1.19. The van der Waals surface area contributed by atoms with E-state index in [9.17, 15) is 8.42 Å². The predicted molar refractivity (Wildman–Crippen MR) is 65.9 cm³/mol. The standard InChI is InChI=1S/C11H23NO2S/c1-3-9-12-10-7-5-4-6-8-11-15(2,13)14/h4-5,12H,3,6-11H2,1-2H3. The van der Waals surface area contributed by atoms with E-state index in [0.29, 0.717) is 5.75 Å². The summed E-state index contributed by atoms with van der Waals surface area (Å²) in [4.78, 5) is 0. The molecular weight excluding hydrogens is 210 g/mol. The molecule has 0 aliphatic heterocycles. The predicted octanol–water partition coefficient (Wildman–Crippen LogP) is 1.76. The number of unbranched alkanes of at least 4 members (excludes halogenated alkanes) is 1. The van der Waals surface area contributed by atoms with Crippen molar-refractivity contribution in [2.45, 2.75) is 32.6 Å². The van der Waals surface area contributed by atoms with Crippen molar-refractivity contribution in [3.8, 4) is 0 Å². The molecule has 0 heterocycles. The summed E-state index contributed by atoms with van der Waals surface area (Å²) in [6.45, 7) is 4.23. The molecule has 1 N–H and O–H groups in total. The number of allylic oxidation sites excluding steroid dienone is 1. The Morgan fingerprint density at radius 2 is 1.80 bits per heavy atom. The number of hydrogen-bond acceptors (Lipinski definition) is 3. The molecule has 0 rings (SSSR count). The van der Waals surface area contributed by atoms with Gasteiger partial charge < -0.3 is 5.32 Å². The van der Waals surface area contributed by atoms with E-state index in [-0.39, 0.29) is 0 Å². The summed E-state index contributed by atoms with van der Waals surface area (Å²) in [5, 5.41) is 3.30. The van der Waals surface area contributed by atoms with Gasteiger partial charge >= 0.3 is 0 Å². The van der Waals surface area contributed by atoms with Crippen molar-refractivity contribution >= 4 is 9.84 Å². The van der Waals surface area contributed by atoms with Crippen LogP contribution in [0.2, 0.25) is 0 Å². The van der Waals surface area contributed by atoms with Crippen molar-refractivity contribution in [1.29, 1.82) is 0 Å². The molecule has 0 unspecified atom stereocenters. The van der Waals surface area contributed by atoms with Crippen LogP contribution >= 0.6 is 0 Å². The highest BCUT2D eigenvalue weighted by atomic mass is 32.2. The molecular formula is C11H23NO2S. The zero-order valence-electron chi connectivity index (χ0n) is 9.83. The lowest BCUT2D eigenvalue weighted by atomic mass is 10.3. The molecule has 15 heavy (non-hydrogen) atoms. The van der Waals surface area contributed by atoms with Gasteiger partial charge in [-0.15, -0.1) is 0 Å². The molecule has 3 nitrogen and oxygen atoms in total. The molecule has 0 aromatic carbocycles. The molecule has 0 spiro atoms. The Labute approximate surface area is 93.9 Å². The van der Waals surface area contributed by atoms with Crippen LogP contribution in [0.1, 0.15) is 32.6 Å². The summed E-state index contributed by atoms with van der Waals surface area (Å²) in [5.74, 6) is 0.297. The minimum Gasteiger partial charge on any atom is -0.316 e. The Balaban J connectivity index is 3.25. The molecule has 0 bridgehead atoms. The third-order valence-corrected chi connectivity index (χ3v) is 3.00. The fourth-order valence-corrected chi connectivity index (χ4v) is 1.88. The Kier molecular flexibility index (Phi) is 8.71. The quantitative estimate of drug-likeness (QED) is 0.487. The van der Waals surface area contributed by atoms with Gasteiger partial charge in [0.1, 0.15) is 9.84 Å². The van der Waals surface area contributed by atoms with Gasteiger partial charge in [-0.1, -0.05) is 19.1 Å². The second-order valence-electron chi connectivity index (χ2n) is 3.78. The summed E-state index contributed by atoms with van der Waals surface area (Å²) in [7, 11) is -2.78. The highest BCUT2D eigenvalue weighted by molar-refractivity contribution is 7.90. The van der Waals surface area contributed by atoms with E-state index in [4.69, 9.17) is 0 Å². The molecule has 0 fully saturated rings. The average Bonchev–Trinajstić information content (AvgIpc) is 2.14. The maximum atomic E-state index is 10.8. The molecule has 4 heteroatoms. The molecule has 0 saturated carbocycles. The molecule has 0 saturated heterocycles. The van der Waals surface area contributed by atoms with Crippen LogP contribution in [-0.2, 0) is 9.84 Å². The summed E-state index contributed by atoms with van der Waals surface area (Å²) < 4.78 is 21.6. The fraction of sp³-hybridized carbons (Fsp3) is 0.818. The van der Waals surface area contributed by atoms with Gasteiger partial charge in [0.15, 0.2) is 0 Å². The first kappa shape index (κ1) is 14.6. The summed E-state index contributed by atoms with van der Waals surface area (Å²) in [6, 6.07) is 0. The Morgan fingerprint density at radius 1 is 1.13 bits per heavy atom. The van der Waals surface area contributed by atoms with Crippen molar-refractivity contribution < 1.29 is 8.42 Å². The lowest BCUT2D eigenvalue weighted by molar-refractivity contribution is 0.599. The minimum absolute atomic E-state index is 0.297. The van der Waals surface area contributed by atoms with Crippen LogP contribution in [0, 0.1) is 0 Å². The van der Waals surface area contributed by atoms with E-state index in [1.54, 1.807) is 0 Å². The number of sulfone groups is 1. The third kappa shape index (κ3) is 13.7. The van der Waals surface area contributed by atoms with Crippen LogP contribution in [0.5, 0.6) is 0 Å². The minimum atomic E-state index is -2.78. The molecule has 0 atom stereocenters. The summed E-state index contributed by atoms with van der Waals surface area (Å²) >= 11 is 0. The molecule has 0 aromatic heterocycles. The number of nitrogens with one attached hydrogen (secondary N) is 1. The van der Waals surface area contributed by atoms with E-state index < -0.39 is 9.84 Å². The van der Waals surface area contributed by atoms with Crippen molar-refractivity contribution in [2.75, 3.05) is 25.1 Å². The highest BCUT2D eigenvalue weighted by Gasteiger charge is 1.98. The van der Waals surface area contributed by atoms with E-state index >= 15 is 0 Å². The SMILES string of the molecule is CCCNCCC=CCCCS(C)(=O)=O. The van der Waals surface area contributed by atoms with Crippen LogP contribution in [0.25, 0.3) is 0 Å². The van der Waals surface area contributed by atoms with E-state index in [2.05, 4.69) is 24.4 Å². The van der Waals surface area contributed by atoms with Gasteiger partial charge in [-0.05, 0) is 38.8 Å². The second-order valence-corrected chi connectivity index (χ2v) is 6.04. The Hall–Kier alpha value is -0.350. The van der Waals surface area contributed by atoms with E-state index in [0.717, 1.165) is 38.8 Å². The van der Waals surface area contributed by atoms with Crippen LogP contribution < -0.4 is 5.32 Å². The topological polar surface area (TPSA) is 46.2 Å². The van der Waals surface area contributed by atoms with Gasteiger partial charge in [0.25, 0.3) is 0 Å². The van der Waals surface area contributed by atoms with Crippen molar-refractivity contribution in [3.63, 3.8) is 0 Å². The lowest BCUT2D eigenvalue weighted by Crippen LogP contribution is -2.14. The highest BCUT2D eigenvalue weighted by Crippen LogP contribution is 1.96. The van der Waals surface area contributed by atoms with Crippen LogP contribution in [0.4, 0.5) is 0 Å². The van der Waals surface area contributed by atoms with Gasteiger partial charge in [0, 0.05) is 6.26 Å². The first-order valence-electron chi connectivity index (χ1n) is 5.59. The zero-order chi connectivity index (χ0) is 11.6. The van der Waals surface area contributed by atoms with Gasteiger partial charge in [-0.25, -0.2) is 8.42 Å². The average molecular weight is 233 g/mol. The lowest BCUT2D eigenvalue weighted by Gasteiger charge is -1.98. The summed E-state index contributed by atoms with van der Waals surface area (Å²) in [5.41, 5.74) is 0. The van der Waals surface area contributed by atoms with Gasteiger partial charge in [0.05, 0.1) is 5.75 Å². The molecule has 0 aliphatic rings.